The number of aromatic nitrogens is 2. The predicted molar refractivity (Wildman–Crippen MR) is 90.7 cm³/mol. The van der Waals surface area contributed by atoms with Gasteiger partial charge in [0.05, 0.1) is 0 Å². The quantitative estimate of drug-likeness (QED) is 0.514. The van der Waals surface area contributed by atoms with Crippen LogP contribution in [-0.4, -0.2) is 45.2 Å². The van der Waals surface area contributed by atoms with Crippen LogP contribution in [0.4, 0.5) is 0 Å². The highest BCUT2D eigenvalue weighted by atomic mass is 16.3. The molecule has 1 fully saturated rings. The first-order chi connectivity index (χ1) is 11.7. The van der Waals surface area contributed by atoms with Crippen molar-refractivity contribution in [2.24, 2.45) is 0 Å². The van der Waals surface area contributed by atoms with E-state index in [1.54, 1.807) is 29.3 Å². The average molecular weight is 322 g/mol. The lowest BCUT2D eigenvalue weighted by molar-refractivity contribution is -0.125. The van der Waals surface area contributed by atoms with Gasteiger partial charge in [-0.3, -0.25) is 14.8 Å². The van der Waals surface area contributed by atoms with Crippen molar-refractivity contribution in [3.05, 3.63) is 65.8 Å². The molecule has 6 nitrogen and oxygen atoms in total. The molecular formula is C18H18N4O2. The van der Waals surface area contributed by atoms with Gasteiger partial charge in [-0.2, -0.15) is 0 Å². The van der Waals surface area contributed by atoms with Crippen LogP contribution in [0.25, 0.3) is 5.76 Å². The third kappa shape index (κ3) is 3.17. The number of likely N-dealkylation sites (tertiary alicyclic amines) is 1. The third-order valence-electron chi connectivity index (χ3n) is 4.17. The van der Waals surface area contributed by atoms with Crippen LogP contribution >= 0.6 is 0 Å². The van der Waals surface area contributed by atoms with E-state index in [4.69, 9.17) is 5.41 Å². The largest absolute Gasteiger partial charge is 0.505 e. The first kappa shape index (κ1) is 15.9. The zero-order chi connectivity index (χ0) is 16.9. The van der Waals surface area contributed by atoms with E-state index in [0.29, 0.717) is 13.1 Å². The minimum Gasteiger partial charge on any atom is -0.505 e. The Kier molecular flexibility index (Phi) is 4.65. The van der Waals surface area contributed by atoms with E-state index in [2.05, 4.69) is 9.97 Å². The number of pyridine rings is 2. The van der Waals surface area contributed by atoms with Crippen molar-refractivity contribution in [3.63, 3.8) is 0 Å². The van der Waals surface area contributed by atoms with Gasteiger partial charge in [0.25, 0.3) is 5.91 Å². The number of amides is 1. The Morgan fingerprint density at radius 3 is 2.83 bits per heavy atom. The van der Waals surface area contributed by atoms with Crippen LogP contribution in [0.5, 0.6) is 0 Å². The lowest BCUT2D eigenvalue weighted by atomic mass is 10.0. The number of carbonyl (C=O) groups excluding carboxylic acids is 1. The summed E-state index contributed by atoms with van der Waals surface area (Å²) in [7, 11) is 0. The molecule has 1 atom stereocenters. The monoisotopic (exact) mass is 322 g/mol. The number of hydrogen-bond acceptors (Lipinski definition) is 5. The summed E-state index contributed by atoms with van der Waals surface area (Å²) < 4.78 is 0. The van der Waals surface area contributed by atoms with Crippen LogP contribution in [0.1, 0.15) is 23.6 Å². The molecule has 122 valence electrons. The lowest BCUT2D eigenvalue weighted by Gasteiger charge is -2.17. The first-order valence-electron chi connectivity index (χ1n) is 7.75. The molecule has 0 spiro atoms. The summed E-state index contributed by atoms with van der Waals surface area (Å²) in [4.78, 5) is 22.5. The fourth-order valence-corrected chi connectivity index (χ4v) is 2.88. The van der Waals surface area contributed by atoms with Gasteiger partial charge < -0.3 is 15.4 Å². The van der Waals surface area contributed by atoms with Gasteiger partial charge >= 0.3 is 0 Å². The van der Waals surface area contributed by atoms with Gasteiger partial charge in [-0.1, -0.05) is 12.1 Å². The Hall–Kier alpha value is -3.02. The number of nitrogens with zero attached hydrogens (tertiary/aromatic N) is 3. The molecule has 3 heterocycles. The zero-order valence-corrected chi connectivity index (χ0v) is 13.1. The molecule has 2 N–H and O–H groups in total. The first-order valence-corrected chi connectivity index (χ1v) is 7.75. The minimum atomic E-state index is -0.348. The molecule has 1 unspecified atom stereocenters. The Balaban J connectivity index is 1.79. The SMILES string of the molecule is N=C/C(C(=O)N1CCC(c2cccnc2)C1)=C(\O)c1ccccn1. The molecular weight excluding hydrogens is 304 g/mol. The van der Waals surface area contributed by atoms with Crippen LogP contribution in [0.15, 0.2) is 54.5 Å². The number of hydrogen-bond donors (Lipinski definition) is 2. The molecule has 3 rings (SSSR count). The highest BCUT2D eigenvalue weighted by molar-refractivity contribution is 6.16. The Bertz CT molecular complexity index is 759. The molecule has 1 amide bonds. The molecule has 0 bridgehead atoms. The predicted octanol–water partition coefficient (Wildman–Crippen LogP) is 2.41. The Morgan fingerprint density at radius 1 is 1.29 bits per heavy atom. The van der Waals surface area contributed by atoms with E-state index in [0.717, 1.165) is 18.2 Å². The van der Waals surface area contributed by atoms with Gasteiger partial charge in [-0.15, -0.1) is 0 Å². The maximum atomic E-state index is 12.7. The topological polar surface area (TPSA) is 90.2 Å². The van der Waals surface area contributed by atoms with Gasteiger partial charge in [-0.05, 0) is 30.2 Å². The smallest absolute Gasteiger partial charge is 0.259 e. The maximum Gasteiger partial charge on any atom is 0.259 e. The van der Waals surface area contributed by atoms with Gasteiger partial charge in [-0.25, -0.2) is 0 Å². The highest BCUT2D eigenvalue weighted by Gasteiger charge is 2.30. The van der Waals surface area contributed by atoms with Crippen LogP contribution in [0.2, 0.25) is 0 Å². The van der Waals surface area contributed by atoms with Crippen molar-refractivity contribution in [2.75, 3.05) is 13.1 Å². The number of aliphatic hydroxyl groups excluding tert-OH is 1. The number of nitrogens with one attached hydrogen (secondary N) is 1. The second-order valence-electron chi connectivity index (χ2n) is 5.64. The van der Waals surface area contributed by atoms with Crippen molar-refractivity contribution in [1.29, 1.82) is 5.41 Å². The lowest BCUT2D eigenvalue weighted by Crippen LogP contribution is -2.31. The van der Waals surface area contributed by atoms with E-state index in [-0.39, 0.29) is 28.9 Å². The van der Waals surface area contributed by atoms with E-state index in [1.165, 1.54) is 6.20 Å². The summed E-state index contributed by atoms with van der Waals surface area (Å²) in [5.74, 6) is -0.383. The second-order valence-corrected chi connectivity index (χ2v) is 5.64. The van der Waals surface area contributed by atoms with Crippen molar-refractivity contribution in [3.8, 4) is 0 Å². The third-order valence-corrected chi connectivity index (χ3v) is 4.17. The molecule has 1 aliphatic heterocycles. The molecule has 6 heteroatoms. The molecule has 2 aromatic rings. The number of rotatable bonds is 4. The summed E-state index contributed by atoms with van der Waals surface area (Å²) in [6.07, 6.45) is 6.81. The molecule has 0 saturated carbocycles. The average Bonchev–Trinajstić information content (AvgIpc) is 3.14. The number of aliphatic hydroxyl groups is 1. The van der Waals surface area contributed by atoms with Crippen LogP contribution in [-0.2, 0) is 4.79 Å². The zero-order valence-electron chi connectivity index (χ0n) is 13.1. The van der Waals surface area contributed by atoms with Gasteiger partial charge in [0.15, 0.2) is 5.76 Å². The fourth-order valence-electron chi connectivity index (χ4n) is 2.88. The van der Waals surface area contributed by atoms with Crippen molar-refractivity contribution in [1.82, 2.24) is 14.9 Å². The van der Waals surface area contributed by atoms with Gasteiger partial charge in [0.2, 0.25) is 0 Å². The molecule has 1 aliphatic rings. The molecule has 2 aromatic heterocycles. The molecule has 0 radical (unpaired) electrons. The van der Waals surface area contributed by atoms with Crippen LogP contribution < -0.4 is 0 Å². The van der Waals surface area contributed by atoms with Crippen molar-refractivity contribution >= 4 is 17.9 Å². The molecule has 1 saturated heterocycles. The molecule has 24 heavy (non-hydrogen) atoms. The second kappa shape index (κ2) is 7.04. The van der Waals surface area contributed by atoms with E-state index in [9.17, 15) is 9.90 Å². The van der Waals surface area contributed by atoms with E-state index < -0.39 is 0 Å². The Morgan fingerprint density at radius 2 is 2.17 bits per heavy atom. The summed E-state index contributed by atoms with van der Waals surface area (Å²) in [5, 5.41) is 17.8. The van der Waals surface area contributed by atoms with E-state index in [1.807, 2.05) is 18.3 Å². The van der Waals surface area contributed by atoms with Gasteiger partial charge in [0, 0.05) is 43.8 Å². The normalized spacial score (nSPS) is 18.2. The minimum absolute atomic E-state index is 0.0412. The molecule has 0 aliphatic carbocycles. The standard InChI is InChI=1S/C18H18N4O2/c19-10-15(17(23)16-5-1-2-8-21-16)18(24)22-9-6-14(12-22)13-4-3-7-20-11-13/h1-5,7-8,10-11,14,19,23H,6,9,12H2/b17-15+,19-10?. The maximum absolute atomic E-state index is 12.7. The summed E-state index contributed by atoms with van der Waals surface area (Å²) in [6.45, 7) is 1.14. The summed E-state index contributed by atoms with van der Waals surface area (Å²) in [6, 6.07) is 8.94. The van der Waals surface area contributed by atoms with Crippen molar-refractivity contribution in [2.45, 2.75) is 12.3 Å². The fraction of sp³-hybridized carbons (Fsp3) is 0.222. The van der Waals surface area contributed by atoms with Crippen molar-refractivity contribution < 1.29 is 9.90 Å². The highest BCUT2D eigenvalue weighted by Crippen LogP contribution is 2.28. The Labute approximate surface area is 140 Å². The van der Waals surface area contributed by atoms with Crippen LogP contribution in [0.3, 0.4) is 0 Å². The van der Waals surface area contributed by atoms with Gasteiger partial charge in [0.1, 0.15) is 11.3 Å². The molecule has 0 aromatic carbocycles. The van der Waals surface area contributed by atoms with Crippen LogP contribution in [0, 0.1) is 5.41 Å². The summed E-state index contributed by atoms with van der Waals surface area (Å²) >= 11 is 0. The summed E-state index contributed by atoms with van der Waals surface area (Å²) in [5.41, 5.74) is 1.34. The number of carbonyl (C=O) groups is 1. The van der Waals surface area contributed by atoms with E-state index >= 15 is 0 Å².